The Morgan fingerprint density at radius 3 is 2.67 bits per heavy atom. The van der Waals surface area contributed by atoms with Crippen molar-refractivity contribution in [3.8, 4) is 5.75 Å². The van der Waals surface area contributed by atoms with Crippen LogP contribution >= 0.6 is 35.6 Å². The van der Waals surface area contributed by atoms with Gasteiger partial charge in [-0.15, -0.1) is 12.4 Å². The molecular formula is C22H27Cl3FNO3. The molecule has 1 saturated heterocycles. The number of aryl methyl sites for hydroxylation is 2. The van der Waals surface area contributed by atoms with E-state index in [2.05, 4.69) is 11.0 Å². The zero-order valence-corrected chi connectivity index (χ0v) is 19.6. The van der Waals surface area contributed by atoms with Crippen molar-refractivity contribution in [2.24, 2.45) is 0 Å². The molecule has 0 amide bonds. The monoisotopic (exact) mass is 477 g/mol. The molecule has 1 aliphatic heterocycles. The molecule has 8 heteroatoms. The largest absolute Gasteiger partial charge is 0.491 e. The van der Waals surface area contributed by atoms with Crippen LogP contribution in [-0.2, 0) is 4.74 Å². The van der Waals surface area contributed by atoms with Crippen molar-refractivity contribution in [3.63, 3.8) is 0 Å². The lowest BCUT2D eigenvalue weighted by molar-refractivity contribution is -0.0460. The lowest BCUT2D eigenvalue weighted by Gasteiger charge is -2.34. The number of nitrogens with zero attached hydrogens (tertiary/aromatic N) is 1. The Bertz CT molecular complexity index is 881. The van der Waals surface area contributed by atoms with Gasteiger partial charge in [-0.1, -0.05) is 29.3 Å². The summed E-state index contributed by atoms with van der Waals surface area (Å²) in [5.74, 6) is 0.272. The summed E-state index contributed by atoms with van der Waals surface area (Å²) in [5.41, 5.74) is 3.93. The van der Waals surface area contributed by atoms with Gasteiger partial charge in [-0.25, -0.2) is 4.39 Å². The SMILES string of the molecule is Cc1cc(C)c(C)c(OCC(O)CN2CCOC(c3cc(F)c(Cl)cc3Cl)C2)c1.Cl. The number of aliphatic hydroxyl groups is 1. The first-order valence-electron chi connectivity index (χ1n) is 9.61. The van der Waals surface area contributed by atoms with E-state index in [9.17, 15) is 9.50 Å². The van der Waals surface area contributed by atoms with Gasteiger partial charge in [0.15, 0.2) is 0 Å². The van der Waals surface area contributed by atoms with Crippen LogP contribution in [0.15, 0.2) is 24.3 Å². The molecular weight excluding hydrogens is 452 g/mol. The molecule has 4 nitrogen and oxygen atoms in total. The van der Waals surface area contributed by atoms with Crippen LogP contribution in [-0.4, -0.2) is 49.0 Å². The van der Waals surface area contributed by atoms with Gasteiger partial charge in [0.2, 0.25) is 0 Å². The Hall–Kier alpha value is -1.08. The van der Waals surface area contributed by atoms with Gasteiger partial charge in [0.05, 0.1) is 17.7 Å². The Morgan fingerprint density at radius 2 is 1.93 bits per heavy atom. The van der Waals surface area contributed by atoms with Crippen LogP contribution in [0.25, 0.3) is 0 Å². The number of morpholine rings is 1. The second kappa shape index (κ2) is 11.0. The van der Waals surface area contributed by atoms with Gasteiger partial charge in [0.1, 0.15) is 24.3 Å². The molecule has 3 rings (SSSR count). The van der Waals surface area contributed by atoms with Gasteiger partial charge >= 0.3 is 0 Å². The second-order valence-corrected chi connectivity index (χ2v) is 8.39. The zero-order chi connectivity index (χ0) is 21.1. The summed E-state index contributed by atoms with van der Waals surface area (Å²) in [4.78, 5) is 2.07. The third-order valence-corrected chi connectivity index (χ3v) is 5.82. The van der Waals surface area contributed by atoms with Crippen molar-refractivity contribution >= 4 is 35.6 Å². The van der Waals surface area contributed by atoms with Crippen molar-refractivity contribution in [2.75, 3.05) is 32.8 Å². The minimum absolute atomic E-state index is 0. The van der Waals surface area contributed by atoms with Crippen LogP contribution in [0, 0.1) is 26.6 Å². The highest BCUT2D eigenvalue weighted by atomic mass is 35.5. The van der Waals surface area contributed by atoms with Crippen LogP contribution in [0.4, 0.5) is 4.39 Å². The average molecular weight is 479 g/mol. The van der Waals surface area contributed by atoms with Crippen LogP contribution in [0.1, 0.15) is 28.4 Å². The number of benzene rings is 2. The van der Waals surface area contributed by atoms with E-state index in [0.717, 1.165) is 22.4 Å². The first-order chi connectivity index (χ1) is 13.7. The first-order valence-corrected chi connectivity index (χ1v) is 10.4. The van der Waals surface area contributed by atoms with Gasteiger partial charge < -0.3 is 14.6 Å². The Balaban J connectivity index is 0.00000320. The standard InChI is InChI=1S/C22H26Cl2FNO3.ClH/c1-13-6-14(2)15(3)21(7-13)29-12-16(27)10-26-4-5-28-22(11-26)17-8-20(25)19(24)9-18(17)23;/h6-9,16,22,27H,4-5,10-12H2,1-3H3;1H. The van der Waals surface area contributed by atoms with Gasteiger partial charge in [-0.3, -0.25) is 4.90 Å². The Labute approximate surface area is 193 Å². The zero-order valence-electron chi connectivity index (χ0n) is 17.3. The number of rotatable bonds is 6. The van der Waals surface area contributed by atoms with Gasteiger partial charge in [-0.2, -0.15) is 0 Å². The molecule has 30 heavy (non-hydrogen) atoms. The Morgan fingerprint density at radius 1 is 1.20 bits per heavy atom. The molecule has 2 aromatic carbocycles. The molecule has 2 atom stereocenters. The highest BCUT2D eigenvalue weighted by molar-refractivity contribution is 6.35. The summed E-state index contributed by atoms with van der Waals surface area (Å²) >= 11 is 12.0. The average Bonchev–Trinajstić information content (AvgIpc) is 2.66. The molecule has 2 aromatic rings. The topological polar surface area (TPSA) is 41.9 Å². The smallest absolute Gasteiger partial charge is 0.142 e. The van der Waals surface area contributed by atoms with Crippen molar-refractivity contribution in [2.45, 2.75) is 33.0 Å². The number of ether oxygens (including phenoxy) is 2. The van der Waals surface area contributed by atoms with Gasteiger partial charge in [0.25, 0.3) is 0 Å². The normalized spacial score (nSPS) is 18.0. The van der Waals surface area contributed by atoms with E-state index in [4.69, 9.17) is 32.7 Å². The molecule has 166 valence electrons. The van der Waals surface area contributed by atoms with E-state index >= 15 is 0 Å². The third kappa shape index (κ3) is 6.22. The molecule has 1 heterocycles. The second-order valence-electron chi connectivity index (χ2n) is 7.58. The molecule has 0 aliphatic carbocycles. The van der Waals surface area contributed by atoms with E-state index in [1.807, 2.05) is 26.8 Å². The van der Waals surface area contributed by atoms with Crippen molar-refractivity contribution in [1.82, 2.24) is 4.90 Å². The fourth-order valence-corrected chi connectivity index (χ4v) is 4.03. The van der Waals surface area contributed by atoms with E-state index in [1.165, 1.54) is 12.1 Å². The molecule has 1 N–H and O–H groups in total. The molecule has 0 bridgehead atoms. The summed E-state index contributed by atoms with van der Waals surface area (Å²) < 4.78 is 25.5. The fourth-order valence-electron chi connectivity index (χ4n) is 3.53. The number of β-amino-alcohol motifs (C(OH)–C–C–N with tert-alkyl or cyclic N) is 1. The third-order valence-electron chi connectivity index (χ3n) is 5.20. The predicted molar refractivity (Wildman–Crippen MR) is 121 cm³/mol. The van der Waals surface area contributed by atoms with Crippen LogP contribution in [0.3, 0.4) is 0 Å². The maximum absolute atomic E-state index is 13.9. The lowest BCUT2D eigenvalue weighted by Crippen LogP contribution is -2.43. The van der Waals surface area contributed by atoms with Crippen LogP contribution < -0.4 is 4.74 Å². The number of hydrogen-bond acceptors (Lipinski definition) is 4. The summed E-state index contributed by atoms with van der Waals surface area (Å²) in [5, 5.41) is 10.8. The fraction of sp³-hybridized carbons (Fsp3) is 0.455. The quantitative estimate of drug-likeness (QED) is 0.573. The number of aliphatic hydroxyl groups excluding tert-OH is 1. The van der Waals surface area contributed by atoms with E-state index < -0.39 is 11.9 Å². The highest BCUT2D eigenvalue weighted by Gasteiger charge is 2.26. The molecule has 1 fully saturated rings. The van der Waals surface area contributed by atoms with Crippen molar-refractivity contribution in [3.05, 3.63) is 62.4 Å². The lowest BCUT2D eigenvalue weighted by atomic mass is 10.1. The highest BCUT2D eigenvalue weighted by Crippen LogP contribution is 2.32. The summed E-state index contributed by atoms with van der Waals surface area (Å²) in [6, 6.07) is 6.81. The van der Waals surface area contributed by atoms with Crippen molar-refractivity contribution in [1.29, 1.82) is 0 Å². The number of halogens is 4. The van der Waals surface area contributed by atoms with Gasteiger partial charge in [-0.05, 0) is 55.7 Å². The molecule has 1 aliphatic rings. The maximum Gasteiger partial charge on any atom is 0.142 e. The van der Waals surface area contributed by atoms with Gasteiger partial charge in [0, 0.05) is 30.2 Å². The minimum atomic E-state index is -0.661. The number of hydrogen-bond donors (Lipinski definition) is 1. The predicted octanol–water partition coefficient (Wildman–Crippen LogP) is 5.29. The molecule has 0 radical (unpaired) electrons. The summed E-state index contributed by atoms with van der Waals surface area (Å²) in [6.45, 7) is 8.34. The van der Waals surface area contributed by atoms with E-state index in [1.54, 1.807) is 0 Å². The summed E-state index contributed by atoms with van der Waals surface area (Å²) in [6.07, 6.45) is -1.04. The molecule has 2 unspecified atom stereocenters. The van der Waals surface area contributed by atoms with Crippen LogP contribution in [0.2, 0.25) is 10.0 Å². The maximum atomic E-state index is 13.9. The van der Waals surface area contributed by atoms with Crippen molar-refractivity contribution < 1.29 is 19.0 Å². The van der Waals surface area contributed by atoms with E-state index in [0.29, 0.717) is 36.8 Å². The molecule has 0 aromatic heterocycles. The summed E-state index contributed by atoms with van der Waals surface area (Å²) in [7, 11) is 0. The first kappa shape index (κ1) is 25.2. The minimum Gasteiger partial charge on any atom is -0.491 e. The van der Waals surface area contributed by atoms with Crippen LogP contribution in [0.5, 0.6) is 5.75 Å². The van der Waals surface area contributed by atoms with E-state index in [-0.39, 0.29) is 30.1 Å². The molecule has 0 spiro atoms. The Kier molecular flexibility index (Phi) is 9.22. The molecule has 0 saturated carbocycles.